The fourth-order valence-electron chi connectivity index (χ4n) is 4.72. The van der Waals surface area contributed by atoms with Crippen LogP contribution in [0.15, 0.2) is 42.7 Å². The Balaban J connectivity index is 1.71. The number of halogens is 1. The van der Waals surface area contributed by atoms with E-state index in [1.165, 1.54) is 0 Å². The number of benzene rings is 1. The summed E-state index contributed by atoms with van der Waals surface area (Å²) in [5, 5.41) is 9.02. The number of amides is 1. The lowest BCUT2D eigenvalue weighted by Crippen LogP contribution is -2.30. The Morgan fingerprint density at radius 1 is 1.09 bits per heavy atom. The number of esters is 1. The Bertz CT molecular complexity index is 1440. The molecular formula is C25H24ClN5O3. The van der Waals surface area contributed by atoms with Crippen molar-refractivity contribution < 1.29 is 14.3 Å². The summed E-state index contributed by atoms with van der Waals surface area (Å²) in [6, 6.07) is 8.93. The van der Waals surface area contributed by atoms with Crippen LogP contribution in [0.1, 0.15) is 51.5 Å². The molecular weight excluding hydrogens is 454 g/mol. The average molecular weight is 478 g/mol. The maximum Gasteiger partial charge on any atom is 0.325 e. The number of carbonyl (C=O) groups is 2. The van der Waals surface area contributed by atoms with Gasteiger partial charge in [-0.25, -0.2) is 0 Å². The summed E-state index contributed by atoms with van der Waals surface area (Å²) in [7, 11) is 0. The van der Waals surface area contributed by atoms with Crippen LogP contribution in [0.5, 0.6) is 0 Å². The molecule has 0 spiro atoms. The minimum atomic E-state index is -0.448. The van der Waals surface area contributed by atoms with Gasteiger partial charge >= 0.3 is 5.97 Å². The second-order valence-corrected chi connectivity index (χ2v) is 8.89. The maximum atomic E-state index is 13.9. The smallest absolute Gasteiger partial charge is 0.325 e. The zero-order chi connectivity index (χ0) is 24.1. The highest BCUT2D eigenvalue weighted by Crippen LogP contribution is 2.44. The van der Waals surface area contributed by atoms with Crippen LogP contribution < -0.4 is 4.90 Å². The van der Waals surface area contributed by atoms with Crippen molar-refractivity contribution in [1.82, 2.24) is 19.2 Å². The molecule has 1 aromatic carbocycles. The number of ether oxygens (including phenoxy) is 1. The molecule has 1 amide bonds. The molecule has 34 heavy (non-hydrogen) atoms. The van der Waals surface area contributed by atoms with Crippen LogP contribution in [0.3, 0.4) is 0 Å². The molecule has 0 radical (unpaired) electrons. The van der Waals surface area contributed by atoms with E-state index >= 15 is 0 Å². The van der Waals surface area contributed by atoms with Gasteiger partial charge in [-0.1, -0.05) is 23.7 Å². The first-order valence-electron chi connectivity index (χ1n) is 11.1. The monoisotopic (exact) mass is 477 g/mol. The largest absolute Gasteiger partial charge is 0.465 e. The number of anilines is 1. The van der Waals surface area contributed by atoms with E-state index in [9.17, 15) is 9.59 Å². The third-order valence-electron chi connectivity index (χ3n) is 6.17. The molecule has 1 aliphatic heterocycles. The molecule has 8 nitrogen and oxygen atoms in total. The molecule has 1 aliphatic rings. The van der Waals surface area contributed by atoms with E-state index in [1.54, 1.807) is 24.0 Å². The van der Waals surface area contributed by atoms with Gasteiger partial charge in [0.2, 0.25) is 0 Å². The summed E-state index contributed by atoms with van der Waals surface area (Å²) in [6.45, 7) is 7.81. The lowest BCUT2D eigenvalue weighted by Gasteiger charge is -2.27. The SMILES string of the molecule is CCOC(=O)Cn1cc(C)c2c1C(c1ccc(Cl)cc1)N(c1cc(C)c3nnc(C)n3c1)C2=O. The molecule has 0 fully saturated rings. The molecule has 0 bridgehead atoms. The number of rotatable bonds is 5. The Morgan fingerprint density at radius 3 is 2.53 bits per heavy atom. The number of hydrogen-bond acceptors (Lipinski definition) is 5. The van der Waals surface area contributed by atoms with Crippen molar-refractivity contribution in [2.24, 2.45) is 0 Å². The molecule has 0 saturated heterocycles. The fraction of sp³-hybridized carbons (Fsp3) is 0.280. The highest BCUT2D eigenvalue weighted by molar-refractivity contribution is 6.30. The lowest BCUT2D eigenvalue weighted by molar-refractivity contribution is -0.143. The summed E-state index contributed by atoms with van der Waals surface area (Å²) < 4.78 is 8.90. The van der Waals surface area contributed by atoms with Gasteiger partial charge in [0.25, 0.3) is 5.91 Å². The number of nitrogens with zero attached hydrogens (tertiary/aromatic N) is 5. The molecule has 1 atom stereocenters. The van der Waals surface area contributed by atoms with Crippen molar-refractivity contribution in [3.63, 3.8) is 0 Å². The van der Waals surface area contributed by atoms with Crippen LogP contribution in [-0.4, -0.2) is 37.6 Å². The minimum Gasteiger partial charge on any atom is -0.465 e. The standard InChI is InChI=1S/C25H24ClN5O3/c1-5-34-20(32)13-29-11-15(3)21-23(29)22(17-6-8-18(26)9-7-17)31(25(21)33)19-10-14(2)24-28-27-16(4)30(24)12-19/h6-12,22H,5,13H2,1-4H3. The molecule has 174 valence electrons. The van der Waals surface area contributed by atoms with Crippen LogP contribution in [0.25, 0.3) is 5.65 Å². The van der Waals surface area contributed by atoms with Crippen LogP contribution in [0.2, 0.25) is 5.02 Å². The zero-order valence-corrected chi connectivity index (χ0v) is 20.1. The van der Waals surface area contributed by atoms with Gasteiger partial charge in [0.15, 0.2) is 5.65 Å². The van der Waals surface area contributed by atoms with E-state index in [-0.39, 0.29) is 18.4 Å². The highest BCUT2D eigenvalue weighted by Gasteiger charge is 2.43. The number of hydrogen-bond donors (Lipinski definition) is 0. The maximum absolute atomic E-state index is 13.9. The van der Waals surface area contributed by atoms with Crippen LogP contribution >= 0.6 is 11.6 Å². The number of pyridine rings is 1. The molecule has 5 rings (SSSR count). The molecule has 4 heterocycles. The van der Waals surface area contributed by atoms with E-state index in [4.69, 9.17) is 16.3 Å². The minimum absolute atomic E-state index is 0.0256. The molecule has 0 saturated carbocycles. The second-order valence-electron chi connectivity index (χ2n) is 8.46. The van der Waals surface area contributed by atoms with E-state index < -0.39 is 6.04 Å². The van der Waals surface area contributed by atoms with Gasteiger partial charge < -0.3 is 9.30 Å². The third-order valence-corrected chi connectivity index (χ3v) is 6.42. The topological polar surface area (TPSA) is 81.7 Å². The van der Waals surface area contributed by atoms with Crippen molar-refractivity contribution in [3.05, 3.63) is 81.5 Å². The molecule has 3 aromatic heterocycles. The number of fused-ring (bicyclic) bond motifs is 2. The van der Waals surface area contributed by atoms with Gasteiger partial charge in [-0.2, -0.15) is 0 Å². The summed E-state index contributed by atoms with van der Waals surface area (Å²) in [5.41, 5.74) is 5.43. The van der Waals surface area contributed by atoms with Crippen molar-refractivity contribution in [1.29, 1.82) is 0 Å². The predicted octanol–water partition coefficient (Wildman–Crippen LogP) is 4.42. The van der Waals surface area contributed by atoms with Crippen LogP contribution in [0, 0.1) is 20.8 Å². The van der Waals surface area contributed by atoms with Gasteiger partial charge in [-0.15, -0.1) is 10.2 Å². The summed E-state index contributed by atoms with van der Waals surface area (Å²) in [4.78, 5) is 28.0. The van der Waals surface area contributed by atoms with Gasteiger partial charge in [-0.3, -0.25) is 18.9 Å². The van der Waals surface area contributed by atoms with Crippen molar-refractivity contribution in [2.75, 3.05) is 11.5 Å². The molecule has 0 aliphatic carbocycles. The average Bonchev–Trinajstić information content (AvgIpc) is 3.42. The van der Waals surface area contributed by atoms with Crippen molar-refractivity contribution in [2.45, 2.75) is 40.3 Å². The summed E-state index contributed by atoms with van der Waals surface area (Å²) >= 11 is 6.17. The summed E-state index contributed by atoms with van der Waals surface area (Å²) in [5.74, 6) is 0.258. The third kappa shape index (κ3) is 3.45. The van der Waals surface area contributed by atoms with Gasteiger partial charge in [-0.05, 0) is 62.6 Å². The van der Waals surface area contributed by atoms with Crippen molar-refractivity contribution in [3.8, 4) is 0 Å². The zero-order valence-electron chi connectivity index (χ0n) is 19.4. The first-order valence-corrected chi connectivity index (χ1v) is 11.4. The molecule has 4 aromatic rings. The predicted molar refractivity (Wildman–Crippen MR) is 128 cm³/mol. The fourth-order valence-corrected chi connectivity index (χ4v) is 4.85. The number of aromatic nitrogens is 4. The first kappa shape index (κ1) is 22.2. The lowest BCUT2D eigenvalue weighted by atomic mass is 10.0. The van der Waals surface area contributed by atoms with E-state index in [1.807, 2.05) is 60.3 Å². The van der Waals surface area contributed by atoms with Gasteiger partial charge in [0, 0.05) is 17.4 Å². The van der Waals surface area contributed by atoms with E-state index in [0.29, 0.717) is 17.2 Å². The second kappa shape index (κ2) is 8.29. The molecule has 9 heteroatoms. The van der Waals surface area contributed by atoms with E-state index in [0.717, 1.165) is 39.5 Å². The Kier molecular flexibility index (Phi) is 5.40. The van der Waals surface area contributed by atoms with Crippen LogP contribution in [0.4, 0.5) is 5.69 Å². The normalized spacial score (nSPS) is 15.3. The van der Waals surface area contributed by atoms with Crippen LogP contribution in [-0.2, 0) is 16.1 Å². The van der Waals surface area contributed by atoms with Crippen molar-refractivity contribution >= 4 is 34.8 Å². The summed E-state index contributed by atoms with van der Waals surface area (Å²) in [6.07, 6.45) is 3.73. The molecule has 0 N–H and O–H groups in total. The molecule has 1 unspecified atom stereocenters. The highest BCUT2D eigenvalue weighted by atomic mass is 35.5. The Morgan fingerprint density at radius 2 is 1.82 bits per heavy atom. The number of carbonyl (C=O) groups excluding carboxylic acids is 2. The Labute approximate surface area is 201 Å². The van der Waals surface area contributed by atoms with E-state index in [2.05, 4.69) is 10.2 Å². The number of aryl methyl sites for hydroxylation is 3. The quantitative estimate of drug-likeness (QED) is 0.397. The Hall–Kier alpha value is -3.65. The van der Waals surface area contributed by atoms with Gasteiger partial charge in [0.1, 0.15) is 18.4 Å². The van der Waals surface area contributed by atoms with Gasteiger partial charge in [0.05, 0.1) is 23.6 Å². The first-order chi connectivity index (χ1) is 16.3.